The van der Waals surface area contributed by atoms with Gasteiger partial charge in [-0.2, -0.15) is 0 Å². The van der Waals surface area contributed by atoms with E-state index in [4.69, 9.17) is 10.5 Å². The smallest absolute Gasteiger partial charge is 0.238 e. The Labute approximate surface area is 113 Å². The number of carbonyl (C=O) groups is 1. The summed E-state index contributed by atoms with van der Waals surface area (Å²) in [6.07, 6.45) is 0.199. The Balaban J connectivity index is 1.83. The zero-order chi connectivity index (χ0) is 13.7. The predicted molar refractivity (Wildman–Crippen MR) is 74.8 cm³/mol. The Bertz CT molecular complexity index is 419. The quantitative estimate of drug-likeness (QED) is 0.843. The van der Waals surface area contributed by atoms with Gasteiger partial charge in [0.05, 0.1) is 19.3 Å². The van der Waals surface area contributed by atoms with E-state index in [1.807, 2.05) is 31.2 Å². The van der Waals surface area contributed by atoms with Crippen molar-refractivity contribution >= 4 is 11.6 Å². The van der Waals surface area contributed by atoms with Gasteiger partial charge in [0.25, 0.3) is 0 Å². The molecule has 1 aromatic rings. The standard InChI is InChI=1S/C14H21N3O2/c1-11-9-17(6-7-19-11)10-14(18)16-13-4-2-12(8-15)3-5-13/h2-5,11H,6-10,15H2,1H3,(H,16,18). The van der Waals surface area contributed by atoms with Gasteiger partial charge in [0.1, 0.15) is 0 Å². The number of nitrogens with two attached hydrogens (primary N) is 1. The zero-order valence-corrected chi connectivity index (χ0v) is 11.3. The van der Waals surface area contributed by atoms with E-state index in [2.05, 4.69) is 10.2 Å². The maximum atomic E-state index is 11.9. The molecule has 2 rings (SSSR count). The van der Waals surface area contributed by atoms with E-state index in [0.717, 1.165) is 24.3 Å². The molecular formula is C14H21N3O2. The van der Waals surface area contributed by atoms with Gasteiger partial charge >= 0.3 is 0 Å². The molecule has 3 N–H and O–H groups in total. The minimum absolute atomic E-state index is 0.00889. The molecule has 0 bridgehead atoms. The van der Waals surface area contributed by atoms with Crippen molar-refractivity contribution in [1.82, 2.24) is 4.90 Å². The minimum atomic E-state index is 0.00889. The molecule has 5 heteroatoms. The third kappa shape index (κ3) is 4.31. The van der Waals surface area contributed by atoms with Gasteiger partial charge in [0.15, 0.2) is 0 Å². The van der Waals surface area contributed by atoms with Crippen molar-refractivity contribution in [3.8, 4) is 0 Å². The SMILES string of the molecule is CC1CN(CC(=O)Nc2ccc(CN)cc2)CCO1. The molecule has 1 aromatic carbocycles. The van der Waals surface area contributed by atoms with E-state index >= 15 is 0 Å². The average molecular weight is 263 g/mol. The monoisotopic (exact) mass is 263 g/mol. The number of hydrogen-bond donors (Lipinski definition) is 2. The summed E-state index contributed by atoms with van der Waals surface area (Å²) in [5.41, 5.74) is 7.40. The predicted octanol–water partition coefficient (Wildman–Crippen LogP) is 0.804. The van der Waals surface area contributed by atoms with Gasteiger partial charge < -0.3 is 15.8 Å². The van der Waals surface area contributed by atoms with Crippen LogP contribution in [0.5, 0.6) is 0 Å². The highest BCUT2D eigenvalue weighted by atomic mass is 16.5. The van der Waals surface area contributed by atoms with E-state index in [1.54, 1.807) is 0 Å². The Morgan fingerprint density at radius 2 is 2.21 bits per heavy atom. The van der Waals surface area contributed by atoms with Crippen LogP contribution in [-0.2, 0) is 16.1 Å². The van der Waals surface area contributed by atoms with E-state index < -0.39 is 0 Å². The van der Waals surface area contributed by atoms with E-state index in [-0.39, 0.29) is 12.0 Å². The van der Waals surface area contributed by atoms with Crippen molar-refractivity contribution in [1.29, 1.82) is 0 Å². The van der Waals surface area contributed by atoms with Gasteiger partial charge in [-0.05, 0) is 24.6 Å². The number of hydrogen-bond acceptors (Lipinski definition) is 4. The van der Waals surface area contributed by atoms with E-state index in [0.29, 0.717) is 19.7 Å². The Morgan fingerprint density at radius 3 is 2.84 bits per heavy atom. The van der Waals surface area contributed by atoms with Gasteiger partial charge in [-0.15, -0.1) is 0 Å². The topological polar surface area (TPSA) is 67.6 Å². The van der Waals surface area contributed by atoms with Crippen LogP contribution in [-0.4, -0.2) is 43.2 Å². The van der Waals surface area contributed by atoms with Crippen LogP contribution in [0.4, 0.5) is 5.69 Å². The molecule has 5 nitrogen and oxygen atoms in total. The first-order chi connectivity index (χ1) is 9.17. The second-order valence-electron chi connectivity index (χ2n) is 4.87. The fourth-order valence-electron chi connectivity index (χ4n) is 2.16. The van der Waals surface area contributed by atoms with Crippen LogP contribution in [0.15, 0.2) is 24.3 Å². The van der Waals surface area contributed by atoms with E-state index in [1.165, 1.54) is 0 Å². The largest absolute Gasteiger partial charge is 0.376 e. The Kier molecular flexibility index (Phi) is 4.90. The van der Waals surface area contributed by atoms with Crippen LogP contribution < -0.4 is 11.1 Å². The average Bonchev–Trinajstić information content (AvgIpc) is 2.39. The van der Waals surface area contributed by atoms with Crippen LogP contribution in [0.25, 0.3) is 0 Å². The third-order valence-corrected chi connectivity index (χ3v) is 3.17. The van der Waals surface area contributed by atoms with Crippen LogP contribution in [0.1, 0.15) is 12.5 Å². The highest BCUT2D eigenvalue weighted by Crippen LogP contribution is 2.10. The highest BCUT2D eigenvalue weighted by Gasteiger charge is 2.18. The number of rotatable bonds is 4. The van der Waals surface area contributed by atoms with Crippen LogP contribution in [0.2, 0.25) is 0 Å². The summed E-state index contributed by atoms with van der Waals surface area (Å²) >= 11 is 0. The van der Waals surface area contributed by atoms with Crippen LogP contribution in [0.3, 0.4) is 0 Å². The molecule has 0 radical (unpaired) electrons. The van der Waals surface area contributed by atoms with Crippen molar-refractivity contribution in [2.75, 3.05) is 31.6 Å². The molecule has 1 fully saturated rings. The van der Waals surface area contributed by atoms with Crippen LogP contribution >= 0.6 is 0 Å². The molecule has 0 aliphatic carbocycles. The highest BCUT2D eigenvalue weighted by molar-refractivity contribution is 5.92. The number of nitrogens with zero attached hydrogens (tertiary/aromatic N) is 1. The van der Waals surface area contributed by atoms with Crippen molar-refractivity contribution < 1.29 is 9.53 Å². The first kappa shape index (κ1) is 14.0. The molecule has 0 aromatic heterocycles. The number of anilines is 1. The number of carbonyl (C=O) groups excluding carboxylic acids is 1. The van der Waals surface area contributed by atoms with E-state index in [9.17, 15) is 4.79 Å². The molecule has 1 atom stereocenters. The maximum Gasteiger partial charge on any atom is 0.238 e. The lowest BCUT2D eigenvalue weighted by atomic mass is 10.2. The lowest BCUT2D eigenvalue weighted by Crippen LogP contribution is -2.44. The number of ether oxygens (including phenoxy) is 1. The summed E-state index contributed by atoms with van der Waals surface area (Å²) in [7, 11) is 0. The summed E-state index contributed by atoms with van der Waals surface area (Å²) in [5, 5.41) is 2.89. The minimum Gasteiger partial charge on any atom is -0.376 e. The van der Waals surface area contributed by atoms with Gasteiger partial charge in [-0.25, -0.2) is 0 Å². The second kappa shape index (κ2) is 6.65. The summed E-state index contributed by atoms with van der Waals surface area (Å²) in [5.74, 6) is 0.00889. The molecule has 1 saturated heterocycles. The van der Waals surface area contributed by atoms with Gasteiger partial charge in [-0.1, -0.05) is 12.1 Å². The second-order valence-corrected chi connectivity index (χ2v) is 4.87. The molecule has 0 saturated carbocycles. The fraction of sp³-hybridized carbons (Fsp3) is 0.500. The maximum absolute atomic E-state index is 11.9. The molecule has 19 heavy (non-hydrogen) atoms. The lowest BCUT2D eigenvalue weighted by molar-refractivity contribution is -0.119. The first-order valence-electron chi connectivity index (χ1n) is 6.60. The van der Waals surface area contributed by atoms with Crippen molar-refractivity contribution in [2.45, 2.75) is 19.6 Å². The van der Waals surface area contributed by atoms with Gasteiger partial charge in [-0.3, -0.25) is 9.69 Å². The Morgan fingerprint density at radius 1 is 1.47 bits per heavy atom. The molecule has 1 aliphatic heterocycles. The van der Waals surface area contributed by atoms with Crippen molar-refractivity contribution in [3.63, 3.8) is 0 Å². The summed E-state index contributed by atoms with van der Waals surface area (Å²) in [6.45, 7) is 5.25. The molecular weight excluding hydrogens is 242 g/mol. The van der Waals surface area contributed by atoms with Crippen molar-refractivity contribution in [2.24, 2.45) is 5.73 Å². The summed E-state index contributed by atoms with van der Waals surface area (Å²) < 4.78 is 5.45. The zero-order valence-electron chi connectivity index (χ0n) is 11.3. The first-order valence-corrected chi connectivity index (χ1v) is 6.60. The summed E-state index contributed by atoms with van der Waals surface area (Å²) in [6, 6.07) is 7.60. The lowest BCUT2D eigenvalue weighted by Gasteiger charge is -2.30. The van der Waals surface area contributed by atoms with Crippen molar-refractivity contribution in [3.05, 3.63) is 29.8 Å². The molecule has 1 amide bonds. The van der Waals surface area contributed by atoms with Gasteiger partial charge in [0, 0.05) is 25.3 Å². The summed E-state index contributed by atoms with van der Waals surface area (Å²) in [4.78, 5) is 14.0. The molecule has 1 aliphatic rings. The number of amides is 1. The number of morpholine rings is 1. The number of benzene rings is 1. The van der Waals surface area contributed by atoms with Gasteiger partial charge in [0.2, 0.25) is 5.91 Å². The normalized spacial score (nSPS) is 20.2. The molecule has 1 heterocycles. The molecule has 0 spiro atoms. The Hall–Kier alpha value is -1.43. The van der Waals surface area contributed by atoms with Crippen LogP contribution in [0, 0.1) is 0 Å². The molecule has 104 valence electrons. The number of nitrogens with one attached hydrogen (secondary N) is 1. The fourth-order valence-corrected chi connectivity index (χ4v) is 2.16. The third-order valence-electron chi connectivity index (χ3n) is 3.17. The molecule has 1 unspecified atom stereocenters.